The van der Waals surface area contributed by atoms with Gasteiger partial charge in [0.25, 0.3) is 0 Å². The molecule has 1 N–H and O–H groups in total. The molecule has 0 radical (unpaired) electrons. The molecule has 26 heavy (non-hydrogen) atoms. The summed E-state index contributed by atoms with van der Waals surface area (Å²) < 4.78 is 29.4. The number of amides is 1. The Morgan fingerprint density at radius 1 is 1.08 bits per heavy atom. The molecule has 0 saturated carbocycles. The van der Waals surface area contributed by atoms with Crippen LogP contribution in [0.3, 0.4) is 0 Å². The molecule has 0 aliphatic carbocycles. The van der Waals surface area contributed by atoms with Crippen molar-refractivity contribution in [3.8, 4) is 11.5 Å². The summed E-state index contributed by atoms with van der Waals surface area (Å²) in [5.74, 6) is -0.585. The van der Waals surface area contributed by atoms with Crippen molar-refractivity contribution >= 4 is 17.6 Å². The Labute approximate surface area is 150 Å². The zero-order valence-electron chi connectivity index (χ0n) is 14.6. The van der Waals surface area contributed by atoms with Crippen LogP contribution in [0.15, 0.2) is 42.5 Å². The third-order valence-electron chi connectivity index (χ3n) is 3.40. The lowest BCUT2D eigenvalue weighted by Gasteiger charge is -2.12. The Morgan fingerprint density at radius 3 is 2.42 bits per heavy atom. The number of nitrogens with one attached hydrogen (secondary N) is 1. The van der Waals surface area contributed by atoms with E-state index in [2.05, 4.69) is 10.1 Å². The number of para-hydroxylation sites is 2. The lowest BCUT2D eigenvalue weighted by Crippen LogP contribution is -2.16. The van der Waals surface area contributed by atoms with Gasteiger partial charge in [-0.05, 0) is 37.3 Å². The van der Waals surface area contributed by atoms with Crippen LogP contribution >= 0.6 is 0 Å². The Bertz CT molecular complexity index is 778. The highest BCUT2D eigenvalue weighted by molar-refractivity contribution is 5.94. The maximum atomic E-state index is 13.8. The Morgan fingerprint density at radius 2 is 1.77 bits per heavy atom. The van der Waals surface area contributed by atoms with E-state index in [9.17, 15) is 14.0 Å². The van der Waals surface area contributed by atoms with Gasteiger partial charge in [-0.15, -0.1) is 0 Å². The first-order valence-corrected chi connectivity index (χ1v) is 8.07. The Balaban J connectivity index is 1.92. The molecule has 2 rings (SSSR count). The number of hydrogen-bond acceptors (Lipinski definition) is 5. The molecule has 0 fully saturated rings. The number of carbonyl (C=O) groups excluding carboxylic acids is 2. The molecule has 2 aromatic rings. The van der Waals surface area contributed by atoms with E-state index in [-0.39, 0.29) is 24.3 Å². The summed E-state index contributed by atoms with van der Waals surface area (Å²) >= 11 is 0. The largest absolute Gasteiger partial charge is 0.490 e. The van der Waals surface area contributed by atoms with Crippen LogP contribution in [0.4, 0.5) is 10.1 Å². The monoisotopic (exact) mass is 361 g/mol. The number of carbonyl (C=O) groups is 2. The van der Waals surface area contributed by atoms with Gasteiger partial charge in [0.1, 0.15) is 5.82 Å². The maximum absolute atomic E-state index is 13.8. The van der Waals surface area contributed by atoms with E-state index in [1.165, 1.54) is 19.2 Å². The lowest BCUT2D eigenvalue weighted by molar-refractivity contribution is -0.116. The van der Waals surface area contributed by atoms with Crippen molar-refractivity contribution in [1.29, 1.82) is 0 Å². The minimum absolute atomic E-state index is 0.00233. The number of ether oxygens (including phenoxy) is 3. The number of benzene rings is 2. The maximum Gasteiger partial charge on any atom is 0.337 e. The van der Waals surface area contributed by atoms with Crippen molar-refractivity contribution in [3.63, 3.8) is 0 Å². The molecule has 138 valence electrons. The minimum atomic E-state index is -0.645. The highest BCUT2D eigenvalue weighted by Gasteiger charge is 2.12. The predicted octanol–water partition coefficient (Wildman–Crippen LogP) is 3.42. The number of anilines is 1. The summed E-state index contributed by atoms with van der Waals surface area (Å²) in [6, 6.07) is 10.7. The highest BCUT2D eigenvalue weighted by Crippen LogP contribution is 2.26. The fraction of sp³-hybridized carbons (Fsp3) is 0.263. The van der Waals surface area contributed by atoms with E-state index < -0.39 is 17.7 Å². The number of halogens is 1. The van der Waals surface area contributed by atoms with Gasteiger partial charge < -0.3 is 19.5 Å². The van der Waals surface area contributed by atoms with Gasteiger partial charge in [0.2, 0.25) is 5.91 Å². The highest BCUT2D eigenvalue weighted by atomic mass is 19.1. The van der Waals surface area contributed by atoms with Crippen LogP contribution < -0.4 is 14.8 Å². The summed E-state index contributed by atoms with van der Waals surface area (Å²) in [4.78, 5) is 23.5. The molecule has 0 aromatic heterocycles. The predicted molar refractivity (Wildman–Crippen MR) is 94.1 cm³/mol. The first-order chi connectivity index (χ1) is 12.5. The molecule has 0 heterocycles. The van der Waals surface area contributed by atoms with Gasteiger partial charge in [0, 0.05) is 0 Å². The zero-order valence-corrected chi connectivity index (χ0v) is 14.6. The van der Waals surface area contributed by atoms with Crippen LogP contribution in [0.2, 0.25) is 0 Å². The van der Waals surface area contributed by atoms with E-state index >= 15 is 0 Å². The van der Waals surface area contributed by atoms with Crippen LogP contribution in [0.25, 0.3) is 0 Å². The molecule has 0 atom stereocenters. The third kappa shape index (κ3) is 5.20. The number of methoxy groups -OCH3 is 1. The molecular weight excluding hydrogens is 341 g/mol. The summed E-state index contributed by atoms with van der Waals surface area (Å²) in [5.41, 5.74) is 0.0544. The summed E-state index contributed by atoms with van der Waals surface area (Å²) in [5, 5.41) is 2.42. The molecule has 6 nitrogen and oxygen atoms in total. The number of esters is 1. The van der Waals surface area contributed by atoms with Crippen LogP contribution in [0.1, 0.15) is 23.7 Å². The SMILES string of the molecule is CCOc1ccccc1OCCC(=O)Nc1cc(C(=O)OC)ccc1F. The van der Waals surface area contributed by atoms with Gasteiger partial charge in [0.05, 0.1) is 38.0 Å². The van der Waals surface area contributed by atoms with Crippen molar-refractivity contribution in [3.05, 3.63) is 53.8 Å². The number of hydrogen-bond donors (Lipinski definition) is 1. The zero-order chi connectivity index (χ0) is 18.9. The Hall–Kier alpha value is -3.09. The van der Waals surface area contributed by atoms with Gasteiger partial charge >= 0.3 is 5.97 Å². The third-order valence-corrected chi connectivity index (χ3v) is 3.40. The first kappa shape index (κ1) is 19.2. The average Bonchev–Trinajstić information content (AvgIpc) is 2.64. The second kappa shape index (κ2) is 9.41. The molecule has 0 saturated heterocycles. The van der Waals surface area contributed by atoms with Crippen LogP contribution in [-0.4, -0.2) is 32.2 Å². The summed E-state index contributed by atoms with van der Waals surface area (Å²) in [6.07, 6.45) is 0.00233. The summed E-state index contributed by atoms with van der Waals surface area (Å²) in [7, 11) is 1.22. The van der Waals surface area contributed by atoms with Gasteiger partial charge in [-0.2, -0.15) is 0 Å². The van der Waals surface area contributed by atoms with E-state index in [0.717, 1.165) is 6.07 Å². The second-order valence-corrected chi connectivity index (χ2v) is 5.21. The van der Waals surface area contributed by atoms with E-state index in [1.54, 1.807) is 18.2 Å². The molecule has 7 heteroatoms. The van der Waals surface area contributed by atoms with Crippen LogP contribution in [-0.2, 0) is 9.53 Å². The molecule has 0 aliphatic rings. The van der Waals surface area contributed by atoms with Gasteiger partial charge in [-0.3, -0.25) is 4.79 Å². The topological polar surface area (TPSA) is 73.9 Å². The van der Waals surface area contributed by atoms with Crippen LogP contribution in [0, 0.1) is 5.82 Å². The standard InChI is InChI=1S/C19H20FNO5/c1-3-25-16-6-4-5-7-17(16)26-11-10-18(22)21-15-12-13(19(23)24-2)8-9-14(15)20/h4-9,12H,3,10-11H2,1-2H3,(H,21,22). The minimum Gasteiger partial charge on any atom is -0.490 e. The van der Waals surface area contributed by atoms with Crippen molar-refractivity contribution in [2.45, 2.75) is 13.3 Å². The van der Waals surface area contributed by atoms with Gasteiger partial charge in [0.15, 0.2) is 11.5 Å². The van der Waals surface area contributed by atoms with Crippen LogP contribution in [0.5, 0.6) is 11.5 Å². The molecular formula is C19H20FNO5. The van der Waals surface area contributed by atoms with Crippen molar-refractivity contribution < 1.29 is 28.2 Å². The molecule has 2 aromatic carbocycles. The molecule has 1 amide bonds. The van der Waals surface area contributed by atoms with Crippen molar-refractivity contribution in [1.82, 2.24) is 0 Å². The van der Waals surface area contributed by atoms with Gasteiger partial charge in [-0.1, -0.05) is 12.1 Å². The lowest BCUT2D eigenvalue weighted by atomic mass is 10.2. The quantitative estimate of drug-likeness (QED) is 0.730. The average molecular weight is 361 g/mol. The second-order valence-electron chi connectivity index (χ2n) is 5.21. The fourth-order valence-corrected chi connectivity index (χ4v) is 2.18. The van der Waals surface area contributed by atoms with Crippen molar-refractivity contribution in [2.24, 2.45) is 0 Å². The van der Waals surface area contributed by atoms with E-state index in [0.29, 0.717) is 18.1 Å². The molecule has 0 bridgehead atoms. The Kier molecular flexibility index (Phi) is 6.96. The van der Waals surface area contributed by atoms with E-state index in [4.69, 9.17) is 9.47 Å². The fourth-order valence-electron chi connectivity index (χ4n) is 2.18. The molecule has 0 aliphatic heterocycles. The normalized spacial score (nSPS) is 10.1. The molecule has 0 unspecified atom stereocenters. The van der Waals surface area contributed by atoms with Crippen molar-refractivity contribution in [2.75, 3.05) is 25.6 Å². The smallest absolute Gasteiger partial charge is 0.337 e. The molecule has 0 spiro atoms. The van der Waals surface area contributed by atoms with Gasteiger partial charge in [-0.25, -0.2) is 9.18 Å². The first-order valence-electron chi connectivity index (χ1n) is 8.07. The summed E-state index contributed by atoms with van der Waals surface area (Å²) in [6.45, 7) is 2.45. The number of rotatable bonds is 8. The van der Waals surface area contributed by atoms with E-state index in [1.807, 2.05) is 13.0 Å².